The summed E-state index contributed by atoms with van der Waals surface area (Å²) < 4.78 is 5.61. The van der Waals surface area contributed by atoms with Gasteiger partial charge in [0.2, 0.25) is 5.88 Å². The van der Waals surface area contributed by atoms with E-state index in [9.17, 15) is 0 Å². The third kappa shape index (κ3) is 3.44. The summed E-state index contributed by atoms with van der Waals surface area (Å²) in [6.45, 7) is 0.395. The van der Waals surface area contributed by atoms with Crippen LogP contribution in [0.3, 0.4) is 0 Å². The number of nitrogens with zero attached hydrogens (tertiary/aromatic N) is 2. The molecule has 2 aromatic rings. The molecule has 0 radical (unpaired) electrons. The zero-order valence-corrected chi connectivity index (χ0v) is 12.4. The molecule has 1 heterocycles. The Balaban J connectivity index is 2.18. The van der Waals surface area contributed by atoms with Crippen molar-refractivity contribution in [3.63, 3.8) is 0 Å². The Morgan fingerprint density at radius 3 is 2.14 bits per heavy atom. The molecule has 7 heteroatoms. The molecular formula is C14H20N6O. The summed E-state index contributed by atoms with van der Waals surface area (Å²) in [7, 11) is 5.65. The van der Waals surface area contributed by atoms with Crippen molar-refractivity contribution >= 4 is 22.9 Å². The highest BCUT2D eigenvalue weighted by atomic mass is 16.5. The van der Waals surface area contributed by atoms with E-state index in [0.717, 1.165) is 22.6 Å². The number of hydrogen-bond donors (Lipinski definition) is 4. The minimum atomic E-state index is 0.371. The normalized spacial score (nSPS) is 10.0. The molecule has 5 N–H and O–H groups in total. The number of rotatable bonds is 6. The molecule has 7 nitrogen and oxygen atoms in total. The van der Waals surface area contributed by atoms with Crippen LogP contribution >= 0.6 is 0 Å². The molecule has 0 spiro atoms. The number of nitrogen functional groups attached to an aromatic ring is 1. The molecule has 0 aliphatic carbocycles. The van der Waals surface area contributed by atoms with E-state index in [1.54, 1.807) is 12.1 Å². The minimum absolute atomic E-state index is 0.371. The highest BCUT2D eigenvalue weighted by molar-refractivity contribution is 5.83. The van der Waals surface area contributed by atoms with Crippen molar-refractivity contribution in [2.75, 3.05) is 42.8 Å². The van der Waals surface area contributed by atoms with E-state index in [2.05, 4.69) is 26.1 Å². The van der Waals surface area contributed by atoms with E-state index in [1.807, 2.05) is 33.3 Å². The Kier molecular flexibility index (Phi) is 4.65. The number of benzene rings is 1. The highest BCUT2D eigenvalue weighted by Gasteiger charge is 2.09. The lowest BCUT2D eigenvalue weighted by Gasteiger charge is -2.16. The Bertz CT molecular complexity index is 574. The molecule has 0 fully saturated rings. The Labute approximate surface area is 123 Å². The maximum Gasteiger partial charge on any atom is 0.233 e. The van der Waals surface area contributed by atoms with Crippen molar-refractivity contribution in [2.24, 2.45) is 0 Å². The number of ether oxygens (including phenoxy) is 1. The van der Waals surface area contributed by atoms with E-state index >= 15 is 0 Å². The first-order valence-corrected chi connectivity index (χ1v) is 6.60. The quantitative estimate of drug-likeness (QED) is 0.643. The van der Waals surface area contributed by atoms with Gasteiger partial charge in [-0.15, -0.1) is 10.2 Å². The highest BCUT2D eigenvalue weighted by Crippen LogP contribution is 2.32. The van der Waals surface area contributed by atoms with Crippen LogP contribution in [-0.2, 0) is 6.61 Å². The Hall–Kier alpha value is -2.70. The molecule has 0 aliphatic rings. The van der Waals surface area contributed by atoms with Crippen molar-refractivity contribution in [2.45, 2.75) is 6.61 Å². The van der Waals surface area contributed by atoms with Gasteiger partial charge in [0, 0.05) is 27.2 Å². The molecular weight excluding hydrogens is 268 g/mol. The van der Waals surface area contributed by atoms with Crippen LogP contribution in [0.15, 0.2) is 24.3 Å². The summed E-state index contributed by atoms with van der Waals surface area (Å²) in [4.78, 5) is 0. The molecule has 21 heavy (non-hydrogen) atoms. The van der Waals surface area contributed by atoms with Crippen molar-refractivity contribution < 1.29 is 4.74 Å². The van der Waals surface area contributed by atoms with Crippen molar-refractivity contribution in [3.8, 4) is 5.88 Å². The summed E-state index contributed by atoms with van der Waals surface area (Å²) >= 11 is 0. The summed E-state index contributed by atoms with van der Waals surface area (Å²) in [6.07, 6.45) is 0. The molecule has 0 bridgehead atoms. The summed E-state index contributed by atoms with van der Waals surface area (Å²) in [6, 6.07) is 7.40. The van der Waals surface area contributed by atoms with E-state index in [4.69, 9.17) is 10.5 Å². The largest absolute Gasteiger partial charge is 0.472 e. The fourth-order valence-corrected chi connectivity index (χ4v) is 2.01. The van der Waals surface area contributed by atoms with Crippen molar-refractivity contribution in [1.29, 1.82) is 0 Å². The second-order valence-electron chi connectivity index (χ2n) is 4.40. The number of hydrogen-bond acceptors (Lipinski definition) is 7. The first-order valence-electron chi connectivity index (χ1n) is 6.60. The second-order valence-corrected chi connectivity index (χ2v) is 4.40. The molecule has 1 aromatic carbocycles. The Morgan fingerprint density at radius 1 is 1.00 bits per heavy atom. The van der Waals surface area contributed by atoms with Crippen molar-refractivity contribution in [1.82, 2.24) is 10.2 Å². The number of nitrogens with one attached hydrogen (secondary N) is 3. The van der Waals surface area contributed by atoms with Gasteiger partial charge in [-0.3, -0.25) is 0 Å². The van der Waals surface area contributed by atoms with Crippen LogP contribution in [0.1, 0.15) is 5.56 Å². The maximum atomic E-state index is 5.61. The van der Waals surface area contributed by atoms with Gasteiger partial charge in [-0.1, -0.05) is 0 Å². The van der Waals surface area contributed by atoms with Gasteiger partial charge in [-0.2, -0.15) is 0 Å². The molecule has 0 saturated heterocycles. The van der Waals surface area contributed by atoms with Gasteiger partial charge in [-0.25, -0.2) is 0 Å². The van der Waals surface area contributed by atoms with Crippen LogP contribution in [0.5, 0.6) is 5.88 Å². The molecule has 112 valence electrons. The molecule has 0 atom stereocenters. The third-order valence-electron chi connectivity index (χ3n) is 3.03. The lowest BCUT2D eigenvalue weighted by molar-refractivity contribution is 0.290. The third-order valence-corrected chi connectivity index (χ3v) is 3.03. The van der Waals surface area contributed by atoms with Gasteiger partial charge in [0.05, 0.1) is 17.1 Å². The van der Waals surface area contributed by atoms with Gasteiger partial charge in [-0.05, 0) is 23.8 Å². The molecule has 0 aliphatic heterocycles. The first-order chi connectivity index (χ1) is 10.2. The van der Waals surface area contributed by atoms with Crippen LogP contribution in [-0.4, -0.2) is 31.3 Å². The predicted octanol–water partition coefficient (Wildman–Crippen LogP) is 1.76. The smallest absolute Gasteiger partial charge is 0.233 e. The fourth-order valence-electron chi connectivity index (χ4n) is 2.01. The zero-order valence-electron chi connectivity index (χ0n) is 12.4. The van der Waals surface area contributed by atoms with E-state index < -0.39 is 0 Å². The summed E-state index contributed by atoms with van der Waals surface area (Å²) in [5.74, 6) is 0.814. The average Bonchev–Trinajstić information content (AvgIpc) is 2.53. The van der Waals surface area contributed by atoms with Crippen LogP contribution in [0, 0.1) is 0 Å². The average molecular weight is 288 g/mol. The Morgan fingerprint density at radius 2 is 1.67 bits per heavy atom. The topological polar surface area (TPSA) is 97.1 Å². The molecule has 0 unspecified atom stereocenters. The molecule has 0 saturated carbocycles. The SMILES string of the molecule is CNc1cc(COc2ccc(N)nn2)cc(NC)c1NC. The van der Waals surface area contributed by atoms with E-state index in [-0.39, 0.29) is 0 Å². The van der Waals surface area contributed by atoms with E-state index in [0.29, 0.717) is 18.3 Å². The van der Waals surface area contributed by atoms with Crippen LogP contribution in [0.4, 0.5) is 22.9 Å². The molecule has 2 rings (SSSR count). The van der Waals surface area contributed by atoms with Gasteiger partial charge >= 0.3 is 0 Å². The monoisotopic (exact) mass is 288 g/mol. The summed E-state index contributed by atoms with van der Waals surface area (Å²) in [5.41, 5.74) is 9.50. The fraction of sp³-hybridized carbons (Fsp3) is 0.286. The maximum absolute atomic E-state index is 5.61. The van der Waals surface area contributed by atoms with Gasteiger partial charge in [0.25, 0.3) is 0 Å². The second kappa shape index (κ2) is 6.65. The molecule has 0 amide bonds. The van der Waals surface area contributed by atoms with Gasteiger partial charge in [0.15, 0.2) is 0 Å². The lowest BCUT2D eigenvalue weighted by Crippen LogP contribution is -2.05. The zero-order chi connectivity index (χ0) is 15.2. The predicted molar refractivity (Wildman–Crippen MR) is 85.9 cm³/mol. The lowest BCUT2D eigenvalue weighted by atomic mass is 10.1. The van der Waals surface area contributed by atoms with Gasteiger partial charge < -0.3 is 26.4 Å². The van der Waals surface area contributed by atoms with Crippen LogP contribution in [0.2, 0.25) is 0 Å². The first kappa shape index (κ1) is 14.7. The number of anilines is 4. The summed E-state index contributed by atoms with van der Waals surface area (Å²) in [5, 5.41) is 17.1. The van der Waals surface area contributed by atoms with Crippen LogP contribution < -0.4 is 26.4 Å². The standard InChI is InChI=1S/C14H20N6O/c1-16-10-6-9(7-11(17-2)14(10)18-3)8-21-13-5-4-12(15)19-20-13/h4-7,16-18H,8H2,1-3H3,(H2,15,19). The number of nitrogens with two attached hydrogens (primary N) is 1. The van der Waals surface area contributed by atoms with Gasteiger partial charge in [0.1, 0.15) is 12.4 Å². The minimum Gasteiger partial charge on any atom is -0.472 e. The van der Waals surface area contributed by atoms with Crippen molar-refractivity contribution in [3.05, 3.63) is 29.8 Å². The van der Waals surface area contributed by atoms with E-state index in [1.165, 1.54) is 0 Å². The molecule has 1 aromatic heterocycles. The number of aromatic nitrogens is 2. The van der Waals surface area contributed by atoms with Crippen LogP contribution in [0.25, 0.3) is 0 Å².